The average Bonchev–Trinajstić information content (AvgIpc) is 2.57. The van der Waals surface area contributed by atoms with Crippen LogP contribution < -0.4 is 0 Å². The summed E-state index contributed by atoms with van der Waals surface area (Å²) in [5.74, 6) is 0.978. The molecule has 0 unspecified atom stereocenters. The van der Waals surface area contributed by atoms with Crippen molar-refractivity contribution in [2.75, 3.05) is 0 Å². The number of hydrogen-bond acceptors (Lipinski definition) is 2. The van der Waals surface area contributed by atoms with Crippen molar-refractivity contribution in [1.82, 2.24) is 9.97 Å². The first-order valence-corrected chi connectivity index (χ1v) is 4.64. The Balaban J connectivity index is 2.38. The lowest BCUT2D eigenvalue weighted by Crippen LogP contribution is -1.81. The number of allylic oxidation sites excluding steroid dienone is 1. The molecule has 0 bridgehead atoms. The standard InChI is InChI=1S/C10H10N2S/c13-7-3-6-10-11-8-4-1-2-5-9(8)12-10/h1-5,7,13H,6H2,(H,11,12). The molecule has 2 aromatic rings. The van der Waals surface area contributed by atoms with Gasteiger partial charge in [-0.15, -0.1) is 0 Å². The molecule has 0 aliphatic rings. The minimum absolute atomic E-state index is 0.804. The van der Waals surface area contributed by atoms with Crippen molar-refractivity contribution in [3.8, 4) is 0 Å². The quantitative estimate of drug-likeness (QED) is 0.700. The molecule has 66 valence electrons. The maximum Gasteiger partial charge on any atom is 0.111 e. The van der Waals surface area contributed by atoms with Gasteiger partial charge in [0.15, 0.2) is 0 Å². The molecule has 1 aromatic carbocycles. The van der Waals surface area contributed by atoms with Crippen molar-refractivity contribution < 1.29 is 0 Å². The Morgan fingerprint density at radius 3 is 3.00 bits per heavy atom. The molecule has 3 heteroatoms. The second-order valence-corrected chi connectivity index (χ2v) is 3.09. The van der Waals surface area contributed by atoms with E-state index in [9.17, 15) is 0 Å². The number of nitrogens with one attached hydrogen (secondary N) is 1. The van der Waals surface area contributed by atoms with Gasteiger partial charge in [0.2, 0.25) is 0 Å². The summed E-state index contributed by atoms with van der Waals surface area (Å²) in [7, 11) is 0. The zero-order valence-corrected chi connectivity index (χ0v) is 7.96. The molecule has 1 heterocycles. The second-order valence-electron chi connectivity index (χ2n) is 2.79. The fourth-order valence-electron chi connectivity index (χ4n) is 1.27. The van der Waals surface area contributed by atoms with Crippen molar-refractivity contribution in [2.24, 2.45) is 0 Å². The highest BCUT2D eigenvalue weighted by atomic mass is 32.1. The summed E-state index contributed by atoms with van der Waals surface area (Å²) in [6, 6.07) is 8.01. The highest BCUT2D eigenvalue weighted by Gasteiger charge is 1.98. The molecule has 0 fully saturated rings. The van der Waals surface area contributed by atoms with E-state index >= 15 is 0 Å². The van der Waals surface area contributed by atoms with E-state index in [-0.39, 0.29) is 0 Å². The molecule has 13 heavy (non-hydrogen) atoms. The summed E-state index contributed by atoms with van der Waals surface area (Å²) >= 11 is 3.99. The van der Waals surface area contributed by atoms with Crippen molar-refractivity contribution in [3.05, 3.63) is 41.6 Å². The fourth-order valence-corrected chi connectivity index (χ4v) is 1.37. The van der Waals surface area contributed by atoms with Crippen LogP contribution in [0.2, 0.25) is 0 Å². The molecule has 1 N–H and O–H groups in total. The number of rotatable bonds is 2. The number of hydrogen-bond donors (Lipinski definition) is 2. The van der Waals surface area contributed by atoms with Crippen LogP contribution in [0.3, 0.4) is 0 Å². The van der Waals surface area contributed by atoms with Crippen molar-refractivity contribution in [2.45, 2.75) is 6.42 Å². The molecule has 0 radical (unpaired) electrons. The molecule has 2 nitrogen and oxygen atoms in total. The number of imidazole rings is 1. The van der Waals surface area contributed by atoms with Gasteiger partial charge >= 0.3 is 0 Å². The predicted molar refractivity (Wildman–Crippen MR) is 57.9 cm³/mol. The molecule has 0 saturated heterocycles. The van der Waals surface area contributed by atoms with Crippen LogP contribution in [-0.2, 0) is 6.42 Å². The topological polar surface area (TPSA) is 28.7 Å². The van der Waals surface area contributed by atoms with E-state index < -0.39 is 0 Å². The molecule has 0 amide bonds. The molecule has 0 atom stereocenters. The molecule has 0 aliphatic carbocycles. The van der Waals surface area contributed by atoms with Crippen LogP contribution in [0.4, 0.5) is 0 Å². The van der Waals surface area contributed by atoms with E-state index in [4.69, 9.17) is 0 Å². The largest absolute Gasteiger partial charge is 0.342 e. The summed E-state index contributed by atoms with van der Waals surface area (Å²) in [5, 5.41) is 1.73. The lowest BCUT2D eigenvalue weighted by Gasteiger charge is -1.84. The fraction of sp³-hybridized carbons (Fsp3) is 0.100. The van der Waals surface area contributed by atoms with Gasteiger partial charge in [-0.2, -0.15) is 12.6 Å². The Kier molecular flexibility index (Phi) is 2.36. The maximum absolute atomic E-state index is 4.41. The highest BCUT2D eigenvalue weighted by Crippen LogP contribution is 2.10. The third-order valence-electron chi connectivity index (χ3n) is 1.86. The molecule has 0 spiro atoms. The van der Waals surface area contributed by atoms with E-state index in [1.165, 1.54) is 0 Å². The van der Waals surface area contributed by atoms with Gasteiger partial charge in [0.05, 0.1) is 11.0 Å². The summed E-state index contributed by atoms with van der Waals surface area (Å²) < 4.78 is 0. The van der Waals surface area contributed by atoms with Crippen molar-refractivity contribution >= 4 is 23.7 Å². The van der Waals surface area contributed by atoms with E-state index in [1.807, 2.05) is 30.3 Å². The first-order valence-electron chi connectivity index (χ1n) is 4.13. The van der Waals surface area contributed by atoms with Crippen LogP contribution >= 0.6 is 12.6 Å². The zero-order chi connectivity index (χ0) is 9.10. The molecular weight excluding hydrogens is 180 g/mol. The smallest absolute Gasteiger partial charge is 0.111 e. The lowest BCUT2D eigenvalue weighted by atomic mass is 10.3. The Morgan fingerprint density at radius 2 is 2.23 bits per heavy atom. The molecular formula is C10H10N2S. The zero-order valence-electron chi connectivity index (χ0n) is 7.07. The Hall–Kier alpha value is -1.22. The van der Waals surface area contributed by atoms with Crippen LogP contribution in [-0.4, -0.2) is 9.97 Å². The van der Waals surface area contributed by atoms with Gasteiger partial charge in [-0.3, -0.25) is 0 Å². The van der Waals surface area contributed by atoms with Crippen molar-refractivity contribution in [3.63, 3.8) is 0 Å². The van der Waals surface area contributed by atoms with Gasteiger partial charge in [-0.05, 0) is 17.5 Å². The number of aromatic amines is 1. The normalized spacial score (nSPS) is 11.5. The number of fused-ring (bicyclic) bond motifs is 1. The first kappa shape index (κ1) is 8.38. The van der Waals surface area contributed by atoms with Gasteiger partial charge in [-0.25, -0.2) is 4.98 Å². The molecule has 0 aliphatic heterocycles. The third-order valence-corrected chi connectivity index (χ3v) is 2.07. The van der Waals surface area contributed by atoms with E-state index in [1.54, 1.807) is 5.41 Å². The van der Waals surface area contributed by atoms with Gasteiger partial charge in [0.1, 0.15) is 5.82 Å². The first-order chi connectivity index (χ1) is 6.40. The number of benzene rings is 1. The minimum Gasteiger partial charge on any atom is -0.342 e. The number of thiol groups is 1. The Morgan fingerprint density at radius 1 is 1.38 bits per heavy atom. The van der Waals surface area contributed by atoms with E-state index in [0.717, 1.165) is 23.3 Å². The maximum atomic E-state index is 4.41. The van der Waals surface area contributed by atoms with Gasteiger partial charge in [-0.1, -0.05) is 18.2 Å². The number of H-pyrrole nitrogens is 1. The summed E-state index contributed by atoms with van der Waals surface area (Å²) in [6.07, 6.45) is 2.76. The average molecular weight is 190 g/mol. The van der Waals surface area contributed by atoms with Crippen molar-refractivity contribution in [1.29, 1.82) is 0 Å². The lowest BCUT2D eigenvalue weighted by molar-refractivity contribution is 1.07. The summed E-state index contributed by atoms with van der Waals surface area (Å²) in [4.78, 5) is 7.64. The number of aromatic nitrogens is 2. The van der Waals surface area contributed by atoms with Gasteiger partial charge < -0.3 is 4.98 Å². The van der Waals surface area contributed by atoms with E-state index in [0.29, 0.717) is 0 Å². The Labute approximate surface area is 82.1 Å². The minimum atomic E-state index is 0.804. The van der Waals surface area contributed by atoms with Crippen LogP contribution in [0.25, 0.3) is 11.0 Å². The highest BCUT2D eigenvalue weighted by molar-refractivity contribution is 7.83. The summed E-state index contributed by atoms with van der Waals surface area (Å²) in [5.41, 5.74) is 2.11. The number of para-hydroxylation sites is 2. The van der Waals surface area contributed by atoms with Crippen LogP contribution in [0, 0.1) is 0 Å². The van der Waals surface area contributed by atoms with E-state index in [2.05, 4.69) is 22.6 Å². The summed E-state index contributed by atoms with van der Waals surface area (Å²) in [6.45, 7) is 0. The molecule has 1 aromatic heterocycles. The monoisotopic (exact) mass is 190 g/mol. The molecule has 2 rings (SSSR count). The predicted octanol–water partition coefficient (Wildman–Crippen LogP) is 2.55. The number of nitrogens with zero attached hydrogens (tertiary/aromatic N) is 1. The molecule has 0 saturated carbocycles. The second kappa shape index (κ2) is 3.66. The van der Waals surface area contributed by atoms with Crippen LogP contribution in [0.5, 0.6) is 0 Å². The van der Waals surface area contributed by atoms with Crippen LogP contribution in [0.1, 0.15) is 5.82 Å². The van der Waals surface area contributed by atoms with Gasteiger partial charge in [0, 0.05) is 6.42 Å². The Bertz CT molecular complexity index is 398. The van der Waals surface area contributed by atoms with Gasteiger partial charge in [0.25, 0.3) is 0 Å². The third kappa shape index (κ3) is 1.75. The SMILES string of the molecule is SC=CCc1nc2ccccc2[nH]1. The van der Waals surface area contributed by atoms with Crippen LogP contribution in [0.15, 0.2) is 35.7 Å².